The highest BCUT2D eigenvalue weighted by Gasteiger charge is 2.76. The third-order valence-corrected chi connectivity index (χ3v) is 14.4. The Morgan fingerprint density at radius 3 is 2.01 bits per heavy atom. The molecule has 5 heterocycles. The summed E-state index contributed by atoms with van der Waals surface area (Å²) in [5.41, 5.74) is 1.27. The van der Waals surface area contributed by atoms with E-state index in [4.69, 9.17) is 14.2 Å². The van der Waals surface area contributed by atoms with Crippen molar-refractivity contribution in [3.8, 4) is 23.3 Å². The molecule has 370 valence electrons. The number of amides is 4. The number of hydrogen-bond donors (Lipinski definition) is 2. The molecule has 3 saturated heterocycles. The summed E-state index contributed by atoms with van der Waals surface area (Å²) >= 11 is 0. The van der Waals surface area contributed by atoms with Gasteiger partial charge in [0.1, 0.15) is 35.1 Å². The van der Waals surface area contributed by atoms with Crippen molar-refractivity contribution in [2.75, 3.05) is 50.2 Å². The lowest BCUT2D eigenvalue weighted by molar-refractivity contribution is -0.179. The van der Waals surface area contributed by atoms with Crippen molar-refractivity contribution in [1.29, 1.82) is 0 Å². The number of piperazine rings is 1. The summed E-state index contributed by atoms with van der Waals surface area (Å²) in [5, 5.41) is 13.6. The fourth-order valence-electron chi connectivity index (χ4n) is 11.0. The van der Waals surface area contributed by atoms with Crippen molar-refractivity contribution in [2.45, 2.75) is 49.5 Å². The number of phenols is 1. The molecule has 0 saturated carbocycles. The number of carbonyl (C=O) groups excluding carboxylic acids is 5. The van der Waals surface area contributed by atoms with E-state index in [0.29, 0.717) is 47.0 Å². The number of phenolic OH excluding ortho intramolecular Hbond substituents is 1. The summed E-state index contributed by atoms with van der Waals surface area (Å²) < 4.78 is 17.1. The number of urea groups is 1. The largest absolute Gasteiger partial charge is 0.508 e. The van der Waals surface area contributed by atoms with Crippen LogP contribution < -0.4 is 19.9 Å². The minimum Gasteiger partial charge on any atom is -0.508 e. The van der Waals surface area contributed by atoms with Crippen molar-refractivity contribution in [1.82, 2.24) is 25.1 Å². The van der Waals surface area contributed by atoms with Gasteiger partial charge in [0.05, 0.1) is 37.9 Å². The van der Waals surface area contributed by atoms with Crippen LogP contribution in [0.15, 0.2) is 146 Å². The molecule has 0 aliphatic carbocycles. The Morgan fingerprint density at radius 1 is 0.753 bits per heavy atom. The quantitative estimate of drug-likeness (QED) is 0.118. The number of nitrogens with one attached hydrogen (secondary N) is 1. The van der Waals surface area contributed by atoms with Crippen LogP contribution in [0.25, 0.3) is 0 Å². The molecule has 2 N–H and O–H groups in total. The van der Waals surface area contributed by atoms with E-state index in [1.807, 2.05) is 82.6 Å². The highest BCUT2D eigenvalue weighted by atomic mass is 16.6. The first-order chi connectivity index (χ1) is 35.4. The van der Waals surface area contributed by atoms with E-state index in [2.05, 4.69) is 27.1 Å². The average molecular weight is 980 g/mol. The van der Waals surface area contributed by atoms with Gasteiger partial charge in [0.15, 0.2) is 0 Å². The molecule has 4 aliphatic rings. The van der Waals surface area contributed by atoms with Crippen LogP contribution in [0, 0.1) is 23.7 Å². The number of imide groups is 1. The molecule has 16 heteroatoms. The van der Waals surface area contributed by atoms with Crippen LogP contribution in [-0.2, 0) is 34.1 Å². The molecule has 0 bridgehead atoms. The molecule has 5 aromatic carbocycles. The van der Waals surface area contributed by atoms with E-state index in [1.165, 1.54) is 19.2 Å². The Hall–Kier alpha value is -8.55. The normalized spacial score (nSPS) is 22.7. The Labute approximate surface area is 422 Å². The average Bonchev–Trinajstić information content (AvgIpc) is 3.89. The first-order valence-electron chi connectivity index (χ1n) is 24.2. The lowest BCUT2D eigenvalue weighted by Gasteiger charge is -2.46. The molecule has 6 aromatic rings. The van der Waals surface area contributed by atoms with Crippen LogP contribution in [-0.4, -0.2) is 107 Å². The molecule has 1 spiro atoms. The van der Waals surface area contributed by atoms with Gasteiger partial charge in [-0.05, 0) is 88.8 Å². The van der Waals surface area contributed by atoms with Gasteiger partial charge >= 0.3 is 18.0 Å². The van der Waals surface area contributed by atoms with Crippen molar-refractivity contribution in [3.63, 3.8) is 0 Å². The molecule has 73 heavy (non-hydrogen) atoms. The second-order valence-corrected chi connectivity index (χ2v) is 18.8. The van der Waals surface area contributed by atoms with E-state index in [-0.39, 0.29) is 30.1 Å². The smallest absolute Gasteiger partial charge is 0.329 e. The summed E-state index contributed by atoms with van der Waals surface area (Å²) in [6.07, 6.45) is 2.35. The number of aromatic hydroxyl groups is 1. The first kappa shape index (κ1) is 48.1. The lowest BCUT2D eigenvalue weighted by Crippen LogP contribution is -2.60. The van der Waals surface area contributed by atoms with E-state index >= 15 is 19.2 Å². The molecule has 10 rings (SSSR count). The van der Waals surface area contributed by atoms with Gasteiger partial charge in [-0.15, -0.1) is 0 Å². The number of hydrogen-bond acceptors (Lipinski definition) is 13. The molecule has 0 radical (unpaired) electrons. The third-order valence-electron chi connectivity index (χ3n) is 14.4. The number of rotatable bonds is 9. The zero-order valence-corrected chi connectivity index (χ0v) is 40.6. The maximum absolute atomic E-state index is 16.8. The monoisotopic (exact) mass is 979 g/mol. The van der Waals surface area contributed by atoms with Crippen LogP contribution in [0.3, 0.4) is 0 Å². The molecule has 4 aliphatic heterocycles. The number of methoxy groups -OCH3 is 2. The van der Waals surface area contributed by atoms with Crippen LogP contribution in [0.4, 0.5) is 16.4 Å². The minimum absolute atomic E-state index is 0.0575. The second kappa shape index (κ2) is 19.9. The van der Waals surface area contributed by atoms with Gasteiger partial charge in [-0.1, -0.05) is 98.5 Å². The third kappa shape index (κ3) is 8.54. The maximum atomic E-state index is 16.8. The number of fused-ring (bicyclic) bond motifs is 3. The zero-order chi connectivity index (χ0) is 51.0. The number of anilines is 2. The summed E-state index contributed by atoms with van der Waals surface area (Å²) in [7, 11) is 2.79. The molecule has 1 aromatic heterocycles. The van der Waals surface area contributed by atoms with E-state index in [1.54, 1.807) is 86.8 Å². The minimum atomic E-state index is -2.10. The van der Waals surface area contributed by atoms with Gasteiger partial charge in [0, 0.05) is 49.7 Å². The summed E-state index contributed by atoms with van der Waals surface area (Å²) in [6.45, 7) is 4.52. The van der Waals surface area contributed by atoms with Crippen molar-refractivity contribution >= 4 is 41.4 Å². The molecule has 7 atom stereocenters. The Morgan fingerprint density at radius 2 is 1.38 bits per heavy atom. The number of ether oxygens (including phenoxy) is 3. The number of carbonyl (C=O) groups is 5. The standard InChI is InChI=1S/C57H53N7O9/c1-35(2)46(52(67)72-4)60-56(70)63-44-27-20-37(17-16-36-18-25-42(71-3)26-19-36)34-43(44)57(54(63)69)45(51(66)61-30-32-62(33-31-61)55-58-28-11-29-59-55)48-53(68)73-49(39-14-9-6-10-15-39)47(38-12-7-5-8-13-38)64(48)50(57)40-21-23-41(65)24-22-40/h5-15,18-29,34-35,45-50,65H,30-33H2,1-4H3,(H,60,70)/t45-,46-,47-,48-,49+,50+,57-/m0/s1. The number of nitrogens with zero attached hydrogens (tertiary/aromatic N) is 6. The van der Waals surface area contributed by atoms with Gasteiger partial charge in [0.25, 0.3) is 0 Å². The van der Waals surface area contributed by atoms with E-state index in [9.17, 15) is 9.90 Å². The molecule has 4 amide bonds. The van der Waals surface area contributed by atoms with Gasteiger partial charge < -0.3 is 34.4 Å². The molecular weight excluding hydrogens is 927 g/mol. The molecule has 3 fully saturated rings. The van der Waals surface area contributed by atoms with Gasteiger partial charge in [0.2, 0.25) is 17.8 Å². The lowest BCUT2D eigenvalue weighted by atomic mass is 9.64. The predicted molar refractivity (Wildman–Crippen MR) is 269 cm³/mol. The maximum Gasteiger partial charge on any atom is 0.329 e. The molecule has 16 nitrogen and oxygen atoms in total. The summed E-state index contributed by atoms with van der Waals surface area (Å²) in [5.74, 6) is 2.75. The van der Waals surface area contributed by atoms with Crippen LogP contribution in [0.1, 0.15) is 65.4 Å². The highest BCUT2D eigenvalue weighted by Crippen LogP contribution is 2.66. The summed E-state index contributed by atoms with van der Waals surface area (Å²) in [6, 6.07) is 33.6. The number of morpholine rings is 1. The number of cyclic esters (lactones) is 1. The second-order valence-electron chi connectivity index (χ2n) is 18.8. The van der Waals surface area contributed by atoms with Gasteiger partial charge in [-0.3, -0.25) is 19.3 Å². The Bertz CT molecular complexity index is 3110. The Kier molecular flexibility index (Phi) is 13.1. The van der Waals surface area contributed by atoms with Crippen LogP contribution in [0.5, 0.6) is 11.5 Å². The number of benzene rings is 5. The topological polar surface area (TPSA) is 184 Å². The molecular formula is C57H53N7O9. The SMILES string of the molecule is COC(=O)[C@@H](NC(=O)N1C(=O)[C@@]2(c3cc(C#Cc4ccc(OC)cc4)ccc31)[C@H](C(=O)N1CCN(c3ncccn3)CC1)[C@H]1C(=O)O[C@H](c3ccccc3)[C@H](c3ccccc3)N1[C@@H]2c1ccc(O)cc1)C(C)C. The van der Waals surface area contributed by atoms with Crippen molar-refractivity contribution < 1.29 is 43.3 Å². The highest BCUT2D eigenvalue weighted by molar-refractivity contribution is 6.25. The fourth-order valence-corrected chi connectivity index (χ4v) is 11.0. The van der Waals surface area contributed by atoms with Crippen LogP contribution >= 0.6 is 0 Å². The van der Waals surface area contributed by atoms with Crippen molar-refractivity contribution in [2.24, 2.45) is 11.8 Å². The fraction of sp³-hybridized carbons (Fsp3) is 0.281. The van der Waals surface area contributed by atoms with Gasteiger partial charge in [-0.2, -0.15) is 0 Å². The first-order valence-corrected chi connectivity index (χ1v) is 24.2. The van der Waals surface area contributed by atoms with Gasteiger partial charge in [-0.25, -0.2) is 24.5 Å². The number of aromatic nitrogens is 2. The summed E-state index contributed by atoms with van der Waals surface area (Å²) in [4.78, 5) is 92.6. The van der Waals surface area contributed by atoms with E-state index < -0.39 is 77.3 Å². The van der Waals surface area contributed by atoms with E-state index in [0.717, 1.165) is 10.5 Å². The Balaban J connectivity index is 1.24. The zero-order valence-electron chi connectivity index (χ0n) is 40.6. The predicted octanol–water partition coefficient (Wildman–Crippen LogP) is 6.51. The van der Waals surface area contributed by atoms with Crippen molar-refractivity contribution in [3.05, 3.63) is 179 Å². The number of esters is 2. The molecule has 0 unspecified atom stereocenters. The van der Waals surface area contributed by atoms with Crippen LogP contribution in [0.2, 0.25) is 0 Å².